The van der Waals surface area contributed by atoms with Crippen LogP contribution in [-0.2, 0) is 14.3 Å². The zero-order valence-corrected chi connectivity index (χ0v) is 15.6. The van der Waals surface area contributed by atoms with Gasteiger partial charge < -0.3 is 14.8 Å². The Labute approximate surface area is 165 Å². The van der Waals surface area contributed by atoms with Crippen molar-refractivity contribution in [2.45, 2.75) is 13.0 Å². The average Bonchev–Trinajstić information content (AvgIpc) is 2.71. The molecule has 0 fully saturated rings. The summed E-state index contributed by atoms with van der Waals surface area (Å²) < 4.78 is 10.1. The summed E-state index contributed by atoms with van der Waals surface area (Å²) in [5.74, 6) is -1.82. The second-order valence-corrected chi connectivity index (χ2v) is 6.18. The molecule has 150 valence electrons. The van der Waals surface area contributed by atoms with Crippen molar-refractivity contribution in [3.8, 4) is 5.75 Å². The van der Waals surface area contributed by atoms with Crippen molar-refractivity contribution in [3.05, 3.63) is 58.1 Å². The summed E-state index contributed by atoms with van der Waals surface area (Å²) in [6, 6.07) is 10.3. The van der Waals surface area contributed by atoms with E-state index in [4.69, 9.17) is 4.74 Å². The third-order valence-electron chi connectivity index (χ3n) is 4.26. The molecule has 0 bridgehead atoms. The molecule has 1 heterocycles. The summed E-state index contributed by atoms with van der Waals surface area (Å²) in [5, 5.41) is 14.0. The average molecular weight is 399 g/mol. The molecule has 0 saturated heterocycles. The SMILES string of the molecule is COC(=O)c1ccc(O[C@@H](C)C(=O)N2CC(=O)Nc3ccccc32)c([N+](=O)[O-])c1. The smallest absolute Gasteiger partial charge is 0.338 e. The predicted octanol–water partition coefficient (Wildman–Crippen LogP) is 2.13. The summed E-state index contributed by atoms with van der Waals surface area (Å²) in [4.78, 5) is 48.3. The predicted molar refractivity (Wildman–Crippen MR) is 102 cm³/mol. The number of nitro groups is 1. The Morgan fingerprint density at radius 2 is 1.97 bits per heavy atom. The first-order valence-electron chi connectivity index (χ1n) is 8.55. The largest absolute Gasteiger partial charge is 0.474 e. The van der Waals surface area contributed by atoms with Crippen LogP contribution in [-0.4, -0.2) is 42.5 Å². The fourth-order valence-corrected chi connectivity index (χ4v) is 2.89. The second-order valence-electron chi connectivity index (χ2n) is 6.18. The molecule has 2 amide bonds. The van der Waals surface area contributed by atoms with Crippen LogP contribution in [0.3, 0.4) is 0 Å². The third-order valence-corrected chi connectivity index (χ3v) is 4.26. The van der Waals surface area contributed by atoms with E-state index in [0.29, 0.717) is 11.4 Å². The number of benzene rings is 2. The van der Waals surface area contributed by atoms with Crippen LogP contribution in [0.1, 0.15) is 17.3 Å². The van der Waals surface area contributed by atoms with Crippen molar-refractivity contribution in [3.63, 3.8) is 0 Å². The highest BCUT2D eigenvalue weighted by molar-refractivity contribution is 6.11. The second kappa shape index (κ2) is 7.97. The normalized spacial score (nSPS) is 13.7. The van der Waals surface area contributed by atoms with Gasteiger partial charge in [-0.25, -0.2) is 4.79 Å². The first kappa shape index (κ1) is 19.8. The summed E-state index contributed by atoms with van der Waals surface area (Å²) in [6.45, 7) is 1.22. The number of hydrogen-bond donors (Lipinski definition) is 1. The van der Waals surface area contributed by atoms with Crippen LogP contribution in [0.5, 0.6) is 5.75 Å². The van der Waals surface area contributed by atoms with Crippen molar-refractivity contribution in [1.82, 2.24) is 0 Å². The van der Waals surface area contributed by atoms with E-state index in [1.807, 2.05) is 0 Å². The summed E-state index contributed by atoms with van der Waals surface area (Å²) in [5.41, 5.74) is 0.484. The van der Waals surface area contributed by atoms with Gasteiger partial charge in [-0.1, -0.05) is 12.1 Å². The highest BCUT2D eigenvalue weighted by Crippen LogP contribution is 2.32. The molecule has 29 heavy (non-hydrogen) atoms. The molecule has 1 aliphatic rings. The van der Waals surface area contributed by atoms with Crippen LogP contribution < -0.4 is 15.0 Å². The number of para-hydroxylation sites is 2. The van der Waals surface area contributed by atoms with Crippen molar-refractivity contribution < 1.29 is 28.8 Å². The molecule has 2 aromatic rings. The van der Waals surface area contributed by atoms with Gasteiger partial charge in [0.1, 0.15) is 6.54 Å². The molecule has 0 aromatic heterocycles. The molecule has 0 aliphatic carbocycles. The van der Waals surface area contributed by atoms with E-state index in [1.165, 1.54) is 24.0 Å². The number of esters is 1. The number of anilines is 2. The molecule has 0 radical (unpaired) electrons. The monoisotopic (exact) mass is 399 g/mol. The zero-order valence-electron chi connectivity index (χ0n) is 15.6. The molecule has 10 nitrogen and oxygen atoms in total. The maximum absolute atomic E-state index is 12.9. The molecule has 10 heteroatoms. The van der Waals surface area contributed by atoms with E-state index in [0.717, 1.165) is 13.2 Å². The van der Waals surface area contributed by atoms with Crippen LogP contribution in [0.4, 0.5) is 17.1 Å². The van der Waals surface area contributed by atoms with E-state index < -0.39 is 28.6 Å². The summed E-state index contributed by atoms with van der Waals surface area (Å²) in [7, 11) is 1.16. The molecule has 1 atom stereocenters. The van der Waals surface area contributed by atoms with Gasteiger partial charge in [0.25, 0.3) is 5.91 Å². The Balaban J connectivity index is 1.86. The van der Waals surface area contributed by atoms with Gasteiger partial charge in [-0.05, 0) is 31.2 Å². The molecule has 0 saturated carbocycles. The van der Waals surface area contributed by atoms with Crippen LogP contribution in [0, 0.1) is 10.1 Å². The highest BCUT2D eigenvalue weighted by Gasteiger charge is 2.32. The molecule has 1 aliphatic heterocycles. The van der Waals surface area contributed by atoms with Gasteiger partial charge in [-0.2, -0.15) is 0 Å². The Morgan fingerprint density at radius 1 is 1.24 bits per heavy atom. The van der Waals surface area contributed by atoms with Crippen LogP contribution in [0.2, 0.25) is 0 Å². The van der Waals surface area contributed by atoms with Gasteiger partial charge in [-0.3, -0.25) is 24.6 Å². The molecule has 1 N–H and O–H groups in total. The highest BCUT2D eigenvalue weighted by atomic mass is 16.6. The maximum atomic E-state index is 12.9. The molecule has 2 aromatic carbocycles. The molecule has 3 rings (SSSR count). The Bertz CT molecular complexity index is 1010. The lowest BCUT2D eigenvalue weighted by Crippen LogP contribution is -2.47. The fourth-order valence-electron chi connectivity index (χ4n) is 2.89. The molecular formula is C19H17N3O7. The lowest BCUT2D eigenvalue weighted by Gasteiger charge is -2.31. The van der Waals surface area contributed by atoms with Gasteiger partial charge >= 0.3 is 11.7 Å². The lowest BCUT2D eigenvalue weighted by atomic mass is 10.1. The maximum Gasteiger partial charge on any atom is 0.338 e. The summed E-state index contributed by atoms with van der Waals surface area (Å²) in [6.07, 6.45) is -1.13. The number of methoxy groups -OCH3 is 1. The number of nitro benzene ring substituents is 1. The Morgan fingerprint density at radius 3 is 2.66 bits per heavy atom. The van der Waals surface area contributed by atoms with Crippen molar-refractivity contribution in [2.75, 3.05) is 23.9 Å². The molecule has 0 spiro atoms. The topological polar surface area (TPSA) is 128 Å². The first-order chi connectivity index (χ1) is 13.8. The number of nitrogens with one attached hydrogen (secondary N) is 1. The van der Waals surface area contributed by atoms with Crippen molar-refractivity contribution in [1.29, 1.82) is 0 Å². The van der Waals surface area contributed by atoms with E-state index >= 15 is 0 Å². The fraction of sp³-hybridized carbons (Fsp3) is 0.211. The quantitative estimate of drug-likeness (QED) is 0.463. The standard InChI is InChI=1S/C19H17N3O7/c1-11(18(24)21-10-17(23)20-13-5-3-4-6-14(13)21)29-16-8-7-12(19(25)28-2)9-15(16)22(26)27/h3-9,11H,10H2,1-2H3,(H,20,23)/t11-/m0/s1. The number of fused-ring (bicyclic) bond motifs is 1. The number of hydrogen-bond acceptors (Lipinski definition) is 7. The number of rotatable bonds is 5. The zero-order chi connectivity index (χ0) is 21.1. The minimum Gasteiger partial charge on any atom is -0.474 e. The summed E-state index contributed by atoms with van der Waals surface area (Å²) >= 11 is 0. The van der Waals surface area contributed by atoms with Crippen LogP contribution >= 0.6 is 0 Å². The lowest BCUT2D eigenvalue weighted by molar-refractivity contribution is -0.386. The van der Waals surface area contributed by atoms with Crippen molar-refractivity contribution >= 4 is 34.8 Å². The Hall–Kier alpha value is -3.95. The van der Waals surface area contributed by atoms with Gasteiger partial charge in [0.05, 0.1) is 29.0 Å². The van der Waals surface area contributed by atoms with E-state index in [9.17, 15) is 24.5 Å². The number of carbonyl (C=O) groups excluding carboxylic acids is 3. The van der Waals surface area contributed by atoms with Crippen molar-refractivity contribution in [2.24, 2.45) is 0 Å². The first-order valence-corrected chi connectivity index (χ1v) is 8.55. The number of amides is 2. The van der Waals surface area contributed by atoms with Gasteiger partial charge in [-0.15, -0.1) is 0 Å². The number of carbonyl (C=O) groups is 3. The van der Waals surface area contributed by atoms with Crippen LogP contribution in [0.15, 0.2) is 42.5 Å². The van der Waals surface area contributed by atoms with E-state index in [1.54, 1.807) is 24.3 Å². The third kappa shape index (κ3) is 4.00. The van der Waals surface area contributed by atoms with Crippen LogP contribution in [0.25, 0.3) is 0 Å². The minimum atomic E-state index is -1.13. The number of nitrogens with zero attached hydrogens (tertiary/aromatic N) is 2. The van der Waals surface area contributed by atoms with Gasteiger partial charge in [0, 0.05) is 6.07 Å². The van der Waals surface area contributed by atoms with Gasteiger partial charge in [0.2, 0.25) is 5.91 Å². The van der Waals surface area contributed by atoms with E-state index in [-0.39, 0.29) is 23.8 Å². The van der Waals surface area contributed by atoms with Gasteiger partial charge in [0.15, 0.2) is 11.9 Å². The number of ether oxygens (including phenoxy) is 2. The molecular weight excluding hydrogens is 382 g/mol. The minimum absolute atomic E-state index is 0.0211. The van der Waals surface area contributed by atoms with E-state index in [2.05, 4.69) is 10.1 Å². The Kier molecular flexibility index (Phi) is 5.44. The molecule has 0 unspecified atom stereocenters.